The van der Waals surface area contributed by atoms with Crippen molar-refractivity contribution in [2.75, 3.05) is 13.6 Å². The average Bonchev–Trinajstić information content (AvgIpc) is 2.29. The van der Waals surface area contributed by atoms with E-state index in [1.54, 1.807) is 13.1 Å². The highest BCUT2D eigenvalue weighted by molar-refractivity contribution is 9.10. The number of nitrogens with zero attached hydrogens (tertiary/aromatic N) is 1. The Morgan fingerprint density at radius 1 is 1.59 bits per heavy atom. The Hall–Kier alpha value is -0.650. The van der Waals surface area contributed by atoms with Crippen molar-refractivity contribution in [2.45, 2.75) is 13.0 Å². The van der Waals surface area contributed by atoms with Gasteiger partial charge in [0.25, 0.3) is 5.91 Å². The molecule has 1 atom stereocenters. The maximum absolute atomic E-state index is 13.2. The molecule has 0 aromatic heterocycles. The second kappa shape index (κ2) is 6.93. The molecule has 0 saturated heterocycles. The molecule has 0 radical (unpaired) electrons. The fourth-order valence-electron chi connectivity index (χ4n) is 1.19. The standard InChI is InChI=1S/C11H14BrFN2O.ClH/c1-7(6-14)15(2)11(16)8-3-4-9(12)10(13)5-8;/h3-5,7H,6,14H2,1-2H3;1H. The van der Waals surface area contributed by atoms with Crippen molar-refractivity contribution >= 4 is 34.2 Å². The second-order valence-corrected chi connectivity index (χ2v) is 4.48. The van der Waals surface area contributed by atoms with Crippen LogP contribution < -0.4 is 5.73 Å². The zero-order chi connectivity index (χ0) is 12.3. The molecule has 1 aromatic carbocycles. The minimum Gasteiger partial charge on any atom is -0.338 e. The highest BCUT2D eigenvalue weighted by atomic mass is 79.9. The fourth-order valence-corrected chi connectivity index (χ4v) is 1.44. The Labute approximate surface area is 115 Å². The number of carbonyl (C=O) groups is 1. The summed E-state index contributed by atoms with van der Waals surface area (Å²) in [6, 6.07) is 4.24. The van der Waals surface area contributed by atoms with Gasteiger partial charge in [-0.05, 0) is 41.1 Å². The van der Waals surface area contributed by atoms with Crippen LogP contribution in [0.1, 0.15) is 17.3 Å². The van der Waals surface area contributed by atoms with Crippen LogP contribution in [0.4, 0.5) is 4.39 Å². The van der Waals surface area contributed by atoms with Crippen LogP contribution in [0.5, 0.6) is 0 Å². The Kier molecular flexibility index (Phi) is 6.67. The van der Waals surface area contributed by atoms with E-state index in [2.05, 4.69) is 15.9 Å². The van der Waals surface area contributed by atoms with Crippen molar-refractivity contribution in [2.24, 2.45) is 5.73 Å². The normalized spacial score (nSPS) is 11.6. The summed E-state index contributed by atoms with van der Waals surface area (Å²) < 4.78 is 13.6. The molecule has 6 heteroatoms. The zero-order valence-corrected chi connectivity index (χ0v) is 12.0. The third kappa shape index (κ3) is 3.94. The van der Waals surface area contributed by atoms with Gasteiger partial charge in [-0.15, -0.1) is 12.4 Å². The molecule has 0 aliphatic rings. The van der Waals surface area contributed by atoms with Crippen LogP contribution in [0, 0.1) is 5.82 Å². The lowest BCUT2D eigenvalue weighted by Gasteiger charge is -2.23. The zero-order valence-electron chi connectivity index (χ0n) is 9.61. The second-order valence-electron chi connectivity index (χ2n) is 3.63. The van der Waals surface area contributed by atoms with Gasteiger partial charge in [-0.1, -0.05) is 0 Å². The molecule has 2 N–H and O–H groups in total. The molecule has 1 unspecified atom stereocenters. The summed E-state index contributed by atoms with van der Waals surface area (Å²) in [5.74, 6) is -0.677. The summed E-state index contributed by atoms with van der Waals surface area (Å²) in [7, 11) is 1.65. The predicted molar refractivity (Wildman–Crippen MR) is 72.0 cm³/mol. The van der Waals surface area contributed by atoms with Crippen LogP contribution in [0.15, 0.2) is 22.7 Å². The van der Waals surface area contributed by atoms with Crippen molar-refractivity contribution in [3.63, 3.8) is 0 Å². The molecule has 17 heavy (non-hydrogen) atoms. The monoisotopic (exact) mass is 324 g/mol. The maximum atomic E-state index is 13.2. The van der Waals surface area contributed by atoms with E-state index in [4.69, 9.17) is 5.73 Å². The molecule has 0 aliphatic carbocycles. The van der Waals surface area contributed by atoms with Gasteiger partial charge in [-0.2, -0.15) is 0 Å². The summed E-state index contributed by atoms with van der Waals surface area (Å²) in [5.41, 5.74) is 5.79. The van der Waals surface area contributed by atoms with Gasteiger partial charge in [0.15, 0.2) is 0 Å². The van der Waals surface area contributed by atoms with Crippen LogP contribution >= 0.6 is 28.3 Å². The molecule has 0 saturated carbocycles. The van der Waals surface area contributed by atoms with Crippen LogP contribution in [0.25, 0.3) is 0 Å². The van der Waals surface area contributed by atoms with E-state index in [1.165, 1.54) is 17.0 Å². The van der Waals surface area contributed by atoms with Crippen molar-refractivity contribution < 1.29 is 9.18 Å². The van der Waals surface area contributed by atoms with Gasteiger partial charge in [0.2, 0.25) is 0 Å². The number of rotatable bonds is 3. The van der Waals surface area contributed by atoms with Gasteiger partial charge in [0.1, 0.15) is 5.82 Å². The number of likely N-dealkylation sites (N-methyl/N-ethyl adjacent to an activating group) is 1. The number of halogens is 3. The molecule has 0 spiro atoms. The van der Waals surface area contributed by atoms with E-state index in [1.807, 2.05) is 6.92 Å². The van der Waals surface area contributed by atoms with Crippen LogP contribution in [0.2, 0.25) is 0 Å². The highest BCUT2D eigenvalue weighted by Gasteiger charge is 2.17. The number of hydrogen-bond donors (Lipinski definition) is 1. The SMILES string of the molecule is CC(CN)N(C)C(=O)c1ccc(Br)c(F)c1.Cl. The van der Waals surface area contributed by atoms with E-state index in [0.717, 1.165) is 0 Å². The lowest BCUT2D eigenvalue weighted by atomic mass is 10.1. The van der Waals surface area contributed by atoms with E-state index in [0.29, 0.717) is 16.6 Å². The number of benzene rings is 1. The van der Waals surface area contributed by atoms with Gasteiger partial charge in [0.05, 0.1) is 4.47 Å². The smallest absolute Gasteiger partial charge is 0.253 e. The van der Waals surface area contributed by atoms with Crippen molar-refractivity contribution in [3.8, 4) is 0 Å². The van der Waals surface area contributed by atoms with Crippen LogP contribution in [-0.4, -0.2) is 30.4 Å². The Morgan fingerprint density at radius 2 is 2.18 bits per heavy atom. The molecule has 3 nitrogen and oxygen atoms in total. The summed E-state index contributed by atoms with van der Waals surface area (Å²) in [4.78, 5) is 13.4. The first-order valence-corrected chi connectivity index (χ1v) is 5.69. The molecule has 0 aliphatic heterocycles. The first kappa shape index (κ1) is 16.4. The summed E-state index contributed by atoms with van der Waals surface area (Å²) in [5, 5.41) is 0. The van der Waals surface area contributed by atoms with Gasteiger partial charge in [-0.3, -0.25) is 4.79 Å². The van der Waals surface area contributed by atoms with Crippen molar-refractivity contribution in [1.29, 1.82) is 0 Å². The van der Waals surface area contributed by atoms with E-state index < -0.39 is 5.82 Å². The van der Waals surface area contributed by atoms with Crippen LogP contribution in [-0.2, 0) is 0 Å². The summed E-state index contributed by atoms with van der Waals surface area (Å²) in [6.07, 6.45) is 0. The fraction of sp³-hybridized carbons (Fsp3) is 0.364. The Bertz CT molecular complexity index is 403. The molecule has 1 aromatic rings. The van der Waals surface area contributed by atoms with Crippen molar-refractivity contribution in [3.05, 3.63) is 34.1 Å². The van der Waals surface area contributed by atoms with Crippen LogP contribution in [0.3, 0.4) is 0 Å². The van der Waals surface area contributed by atoms with E-state index in [9.17, 15) is 9.18 Å². The predicted octanol–water partition coefficient (Wildman–Crippen LogP) is 2.43. The topological polar surface area (TPSA) is 46.3 Å². The van der Waals surface area contributed by atoms with Gasteiger partial charge < -0.3 is 10.6 Å². The van der Waals surface area contributed by atoms with Crippen molar-refractivity contribution in [1.82, 2.24) is 4.90 Å². The highest BCUT2D eigenvalue weighted by Crippen LogP contribution is 2.17. The quantitative estimate of drug-likeness (QED) is 0.928. The first-order valence-electron chi connectivity index (χ1n) is 4.89. The molecule has 1 rings (SSSR count). The third-order valence-corrected chi connectivity index (χ3v) is 3.13. The Balaban J connectivity index is 0.00000256. The molecular formula is C11H15BrClFN2O. The van der Waals surface area contributed by atoms with Gasteiger partial charge in [0, 0.05) is 25.2 Å². The number of carbonyl (C=O) groups excluding carboxylic acids is 1. The van der Waals surface area contributed by atoms with E-state index in [-0.39, 0.29) is 24.4 Å². The van der Waals surface area contributed by atoms with Gasteiger partial charge >= 0.3 is 0 Å². The minimum atomic E-state index is -0.445. The molecule has 0 bridgehead atoms. The lowest BCUT2D eigenvalue weighted by Crippen LogP contribution is -2.39. The summed E-state index contributed by atoms with van der Waals surface area (Å²) >= 11 is 3.04. The molecule has 0 fully saturated rings. The van der Waals surface area contributed by atoms with Gasteiger partial charge in [-0.25, -0.2) is 4.39 Å². The summed E-state index contributed by atoms with van der Waals surface area (Å²) in [6.45, 7) is 2.22. The largest absolute Gasteiger partial charge is 0.338 e. The first-order chi connectivity index (χ1) is 7.47. The maximum Gasteiger partial charge on any atom is 0.253 e. The molecular weight excluding hydrogens is 310 g/mol. The molecule has 1 amide bonds. The van der Waals surface area contributed by atoms with E-state index >= 15 is 0 Å². The average molecular weight is 326 g/mol. The molecule has 0 heterocycles. The number of amides is 1. The number of nitrogens with two attached hydrogens (primary N) is 1. The molecule has 96 valence electrons. The third-order valence-electron chi connectivity index (χ3n) is 2.49. The minimum absolute atomic E-state index is 0. The number of hydrogen-bond acceptors (Lipinski definition) is 2. The lowest BCUT2D eigenvalue weighted by molar-refractivity contribution is 0.0748. The Morgan fingerprint density at radius 3 is 2.65 bits per heavy atom.